The lowest BCUT2D eigenvalue weighted by Gasteiger charge is -2.18. The minimum Gasteiger partial charge on any atom is -0.439 e. The lowest BCUT2D eigenvalue weighted by atomic mass is 10.0. The van der Waals surface area contributed by atoms with Crippen molar-refractivity contribution in [3.05, 3.63) is 29.7 Å². The molecule has 2 amide bonds. The van der Waals surface area contributed by atoms with Gasteiger partial charge >= 0.3 is 0 Å². The Morgan fingerprint density at radius 3 is 2.85 bits per heavy atom. The molecule has 2 N–H and O–H groups in total. The molecular formula is C18H23N3O5. The van der Waals surface area contributed by atoms with Crippen LogP contribution in [0.3, 0.4) is 0 Å². The topological polar surface area (TPSA) is 113 Å². The molecule has 0 spiro atoms. The maximum atomic E-state index is 12.4. The van der Waals surface area contributed by atoms with Gasteiger partial charge in [-0.05, 0) is 31.5 Å². The zero-order valence-electron chi connectivity index (χ0n) is 14.9. The van der Waals surface area contributed by atoms with Crippen LogP contribution >= 0.6 is 0 Å². The van der Waals surface area contributed by atoms with Gasteiger partial charge in [0.15, 0.2) is 11.4 Å². The summed E-state index contributed by atoms with van der Waals surface area (Å²) in [6, 6.07) is 4.98. The third kappa shape index (κ3) is 5.13. The van der Waals surface area contributed by atoms with E-state index in [0.717, 1.165) is 12.8 Å². The molecule has 0 saturated carbocycles. The van der Waals surface area contributed by atoms with Gasteiger partial charge in [0.1, 0.15) is 5.52 Å². The summed E-state index contributed by atoms with van der Waals surface area (Å²) in [6.45, 7) is 3.49. The van der Waals surface area contributed by atoms with E-state index in [2.05, 4.69) is 10.3 Å². The Balaban J connectivity index is 2.02. The van der Waals surface area contributed by atoms with Gasteiger partial charge in [0, 0.05) is 5.56 Å². The van der Waals surface area contributed by atoms with Crippen molar-refractivity contribution in [2.45, 2.75) is 39.7 Å². The van der Waals surface area contributed by atoms with Crippen molar-refractivity contribution in [2.24, 2.45) is 5.92 Å². The molecule has 1 aromatic carbocycles. The zero-order chi connectivity index (χ0) is 19.1. The third-order valence-corrected chi connectivity index (χ3v) is 4.06. The normalized spacial score (nSPS) is 12.0. The number of benzene rings is 1. The van der Waals surface area contributed by atoms with E-state index in [-0.39, 0.29) is 31.2 Å². The van der Waals surface area contributed by atoms with Crippen molar-refractivity contribution in [1.29, 1.82) is 0 Å². The Hall–Kier alpha value is -2.74. The molecule has 8 nitrogen and oxygen atoms in total. The minimum absolute atomic E-state index is 0.0646. The van der Waals surface area contributed by atoms with E-state index >= 15 is 0 Å². The van der Waals surface area contributed by atoms with Crippen LogP contribution < -0.4 is 5.32 Å². The Morgan fingerprint density at radius 2 is 2.19 bits per heavy atom. The van der Waals surface area contributed by atoms with Gasteiger partial charge in [0.2, 0.25) is 18.2 Å². The van der Waals surface area contributed by atoms with Gasteiger partial charge in [-0.15, -0.1) is 0 Å². The van der Waals surface area contributed by atoms with E-state index in [1.54, 1.807) is 18.2 Å². The van der Waals surface area contributed by atoms with Crippen molar-refractivity contribution < 1.29 is 24.0 Å². The molecule has 0 radical (unpaired) electrons. The smallest absolute Gasteiger partial charge is 0.233 e. The van der Waals surface area contributed by atoms with E-state index in [1.165, 1.54) is 6.92 Å². The Kier molecular flexibility index (Phi) is 6.85. The average molecular weight is 361 g/mol. The monoisotopic (exact) mass is 361 g/mol. The number of hydroxylamine groups is 2. The van der Waals surface area contributed by atoms with Crippen molar-refractivity contribution in [1.82, 2.24) is 15.4 Å². The molecule has 0 aliphatic carbocycles. The highest BCUT2D eigenvalue weighted by Crippen LogP contribution is 2.18. The summed E-state index contributed by atoms with van der Waals surface area (Å²) < 4.78 is 5.58. The number of carbonyl (C=O) groups is 3. The highest BCUT2D eigenvalue weighted by molar-refractivity contribution is 5.96. The van der Waals surface area contributed by atoms with Gasteiger partial charge in [-0.3, -0.25) is 19.6 Å². The second kappa shape index (κ2) is 9.10. The van der Waals surface area contributed by atoms with E-state index in [1.807, 2.05) is 6.92 Å². The number of aromatic nitrogens is 1. The molecule has 1 heterocycles. The summed E-state index contributed by atoms with van der Waals surface area (Å²) in [4.78, 5) is 38.6. The highest BCUT2D eigenvalue weighted by Gasteiger charge is 2.21. The van der Waals surface area contributed by atoms with Crippen LogP contribution in [-0.2, 0) is 16.1 Å². The second-order valence-electron chi connectivity index (χ2n) is 6.13. The van der Waals surface area contributed by atoms with E-state index in [4.69, 9.17) is 4.42 Å². The van der Waals surface area contributed by atoms with E-state index in [0.29, 0.717) is 34.0 Å². The molecule has 1 atom stereocenters. The van der Waals surface area contributed by atoms with Crippen LogP contribution in [0, 0.1) is 5.92 Å². The summed E-state index contributed by atoms with van der Waals surface area (Å²) >= 11 is 0. The summed E-state index contributed by atoms with van der Waals surface area (Å²) in [5.41, 5.74) is 1.61. The summed E-state index contributed by atoms with van der Waals surface area (Å²) in [5, 5.41) is 12.5. The maximum absolute atomic E-state index is 12.4. The molecule has 8 heteroatoms. The number of ketones is 1. The highest BCUT2D eigenvalue weighted by atomic mass is 16.5. The van der Waals surface area contributed by atoms with Crippen LogP contribution in [0.2, 0.25) is 0 Å². The molecule has 0 bridgehead atoms. The number of nitrogens with one attached hydrogen (secondary N) is 1. The lowest BCUT2D eigenvalue weighted by Crippen LogP contribution is -2.37. The number of unbranched alkanes of at least 4 members (excludes halogenated alkanes) is 1. The van der Waals surface area contributed by atoms with Crippen LogP contribution in [0.5, 0.6) is 0 Å². The third-order valence-electron chi connectivity index (χ3n) is 4.06. The predicted octanol–water partition coefficient (Wildman–Crippen LogP) is 2.30. The van der Waals surface area contributed by atoms with Gasteiger partial charge in [-0.25, -0.2) is 10.0 Å². The molecule has 0 fully saturated rings. The molecule has 2 aromatic rings. The number of nitrogens with zero attached hydrogens (tertiary/aromatic N) is 2. The molecule has 0 saturated heterocycles. The van der Waals surface area contributed by atoms with Crippen molar-refractivity contribution in [3.63, 3.8) is 0 Å². The van der Waals surface area contributed by atoms with Crippen LogP contribution in [0.4, 0.5) is 0 Å². The summed E-state index contributed by atoms with van der Waals surface area (Å²) in [6.07, 6.45) is 2.55. The first-order valence-corrected chi connectivity index (χ1v) is 8.53. The first kappa shape index (κ1) is 19.6. The average Bonchev–Trinajstić information content (AvgIpc) is 3.04. The standard InChI is InChI=1S/C18H23N3O5/c1-3-4-5-14(10-21(25)11-22)18(24)19-9-17-20-15-7-6-13(12(2)23)8-16(15)26-17/h6-8,11,14,25H,3-5,9-10H2,1-2H3,(H,19,24). The van der Waals surface area contributed by atoms with Crippen molar-refractivity contribution in [3.8, 4) is 0 Å². The van der Waals surface area contributed by atoms with Crippen molar-refractivity contribution in [2.75, 3.05) is 6.54 Å². The summed E-state index contributed by atoms with van der Waals surface area (Å²) in [5.74, 6) is -0.551. The van der Waals surface area contributed by atoms with Crippen LogP contribution in [0.15, 0.2) is 22.6 Å². The zero-order valence-corrected chi connectivity index (χ0v) is 14.9. The molecule has 26 heavy (non-hydrogen) atoms. The molecule has 0 aliphatic heterocycles. The number of hydrogen-bond donors (Lipinski definition) is 2. The first-order chi connectivity index (χ1) is 12.4. The number of oxazole rings is 1. The van der Waals surface area contributed by atoms with Crippen molar-refractivity contribution >= 4 is 29.2 Å². The van der Waals surface area contributed by atoms with Gasteiger partial charge in [-0.1, -0.05) is 19.8 Å². The Morgan fingerprint density at radius 1 is 1.42 bits per heavy atom. The van der Waals surface area contributed by atoms with E-state index < -0.39 is 5.92 Å². The second-order valence-corrected chi connectivity index (χ2v) is 6.13. The van der Waals surface area contributed by atoms with Crippen LogP contribution in [0.25, 0.3) is 11.1 Å². The Bertz CT molecular complexity index is 786. The van der Waals surface area contributed by atoms with E-state index in [9.17, 15) is 19.6 Å². The molecule has 1 aromatic heterocycles. The predicted molar refractivity (Wildman–Crippen MR) is 93.4 cm³/mol. The number of hydrogen-bond acceptors (Lipinski definition) is 6. The number of fused-ring (bicyclic) bond motifs is 1. The first-order valence-electron chi connectivity index (χ1n) is 8.53. The fourth-order valence-electron chi connectivity index (χ4n) is 2.60. The fourth-order valence-corrected chi connectivity index (χ4v) is 2.60. The van der Waals surface area contributed by atoms with Gasteiger partial charge < -0.3 is 9.73 Å². The molecular weight excluding hydrogens is 338 g/mol. The summed E-state index contributed by atoms with van der Waals surface area (Å²) in [7, 11) is 0. The number of amides is 2. The van der Waals surface area contributed by atoms with Crippen LogP contribution in [-0.4, -0.2) is 39.9 Å². The molecule has 1 unspecified atom stereocenters. The largest absolute Gasteiger partial charge is 0.439 e. The van der Waals surface area contributed by atoms with Gasteiger partial charge in [-0.2, -0.15) is 0 Å². The minimum atomic E-state index is -0.515. The van der Waals surface area contributed by atoms with Gasteiger partial charge in [0.25, 0.3) is 0 Å². The molecule has 0 aliphatic rings. The number of carbonyl (C=O) groups excluding carboxylic acids is 3. The molecule has 2 rings (SSSR count). The van der Waals surface area contributed by atoms with Gasteiger partial charge in [0.05, 0.1) is 19.0 Å². The van der Waals surface area contributed by atoms with Crippen LogP contribution in [0.1, 0.15) is 49.4 Å². The maximum Gasteiger partial charge on any atom is 0.233 e. The fraction of sp³-hybridized carbons (Fsp3) is 0.444. The lowest BCUT2D eigenvalue weighted by molar-refractivity contribution is -0.154. The quantitative estimate of drug-likeness (QED) is 0.291. The molecule has 140 valence electrons. The number of Topliss-reactive ketones (excluding diaryl/α,β-unsaturated/α-hetero) is 1. The number of rotatable bonds is 10. The SMILES string of the molecule is CCCCC(CN(O)C=O)C(=O)NCc1nc2ccc(C(C)=O)cc2o1. The Labute approximate surface area is 151 Å².